The summed E-state index contributed by atoms with van der Waals surface area (Å²) in [5, 5.41) is 2.55. The molecule has 1 aromatic rings. The highest BCUT2D eigenvalue weighted by atomic mass is 79.9. The van der Waals surface area contributed by atoms with Gasteiger partial charge in [0.05, 0.1) is 0 Å². The molecule has 0 spiro atoms. The van der Waals surface area contributed by atoms with E-state index in [1.54, 1.807) is 25.1 Å². The van der Waals surface area contributed by atoms with Gasteiger partial charge in [0.1, 0.15) is 5.70 Å². The van der Waals surface area contributed by atoms with Crippen LogP contribution in [-0.4, -0.2) is 30.2 Å². The van der Waals surface area contributed by atoms with Crippen LogP contribution in [0.15, 0.2) is 22.3 Å². The number of carbonyl (C=O) groups excluding carboxylic acids is 2. The molecule has 0 aromatic heterocycles. The van der Waals surface area contributed by atoms with Gasteiger partial charge in [-0.1, -0.05) is 15.9 Å². The molecule has 3 rings (SSSR count). The molecule has 20 heavy (non-hydrogen) atoms. The van der Waals surface area contributed by atoms with Crippen molar-refractivity contribution in [1.82, 2.24) is 10.2 Å². The van der Waals surface area contributed by atoms with Crippen molar-refractivity contribution in [2.75, 3.05) is 13.3 Å². The molecule has 7 heteroatoms. The summed E-state index contributed by atoms with van der Waals surface area (Å²) in [5.41, 5.74) is 0.979. The quantitative estimate of drug-likeness (QED) is 0.662. The number of nitrogens with one attached hydrogen (secondary N) is 1. The smallest absolute Gasteiger partial charge is 0.328 e. The fraction of sp³-hybridized carbons (Fsp3) is 0.231. The number of halogens is 1. The minimum atomic E-state index is -0.402. The van der Waals surface area contributed by atoms with Gasteiger partial charge in [-0.3, -0.25) is 9.69 Å². The van der Waals surface area contributed by atoms with Crippen LogP contribution in [-0.2, 0) is 4.79 Å². The van der Waals surface area contributed by atoms with Gasteiger partial charge in [0.25, 0.3) is 5.91 Å². The lowest BCUT2D eigenvalue weighted by atomic mass is 10.1. The van der Waals surface area contributed by atoms with Crippen molar-refractivity contribution in [1.29, 1.82) is 0 Å². The van der Waals surface area contributed by atoms with Crippen LogP contribution < -0.4 is 14.8 Å². The van der Waals surface area contributed by atoms with Crippen LogP contribution in [0.25, 0.3) is 6.08 Å². The maximum absolute atomic E-state index is 12.0. The van der Waals surface area contributed by atoms with E-state index >= 15 is 0 Å². The molecule has 0 atom stereocenters. The lowest BCUT2D eigenvalue weighted by molar-refractivity contribution is -0.122. The van der Waals surface area contributed by atoms with Crippen LogP contribution in [0.5, 0.6) is 11.5 Å². The molecule has 0 aliphatic carbocycles. The molecular weight excluding hydrogens is 328 g/mol. The van der Waals surface area contributed by atoms with Gasteiger partial charge in [0.15, 0.2) is 11.5 Å². The second-order valence-corrected chi connectivity index (χ2v) is 5.12. The topological polar surface area (TPSA) is 67.9 Å². The third-order valence-corrected chi connectivity index (χ3v) is 3.76. The monoisotopic (exact) mass is 338 g/mol. The number of carbonyl (C=O) groups is 2. The van der Waals surface area contributed by atoms with Crippen molar-refractivity contribution >= 4 is 33.9 Å². The number of fused-ring (bicyclic) bond motifs is 1. The minimum absolute atomic E-state index is 0.182. The largest absolute Gasteiger partial charge is 0.454 e. The van der Waals surface area contributed by atoms with E-state index in [0.717, 1.165) is 14.9 Å². The summed E-state index contributed by atoms with van der Waals surface area (Å²) in [6, 6.07) is 3.13. The van der Waals surface area contributed by atoms with Gasteiger partial charge >= 0.3 is 6.03 Å². The van der Waals surface area contributed by atoms with Gasteiger partial charge < -0.3 is 14.8 Å². The molecule has 0 saturated carbocycles. The molecule has 3 amide bonds. The second-order valence-electron chi connectivity index (χ2n) is 4.26. The van der Waals surface area contributed by atoms with Crippen molar-refractivity contribution in [3.8, 4) is 11.5 Å². The Labute approximate surface area is 123 Å². The molecule has 104 valence electrons. The number of likely N-dealkylation sites (N-methyl/N-ethyl adjacent to an activating group) is 1. The average molecular weight is 339 g/mol. The molecule has 1 fully saturated rings. The van der Waals surface area contributed by atoms with E-state index in [-0.39, 0.29) is 18.4 Å². The first-order chi connectivity index (χ1) is 9.60. The van der Waals surface area contributed by atoms with Gasteiger partial charge in [0, 0.05) is 11.0 Å². The van der Waals surface area contributed by atoms with Crippen LogP contribution in [0, 0.1) is 0 Å². The molecule has 0 bridgehead atoms. The lowest BCUT2D eigenvalue weighted by Gasteiger charge is -2.06. The minimum Gasteiger partial charge on any atom is -0.454 e. The molecule has 2 aliphatic heterocycles. The van der Waals surface area contributed by atoms with Crippen LogP contribution in [0.3, 0.4) is 0 Å². The molecular formula is C13H11BrN2O4. The fourth-order valence-electron chi connectivity index (χ4n) is 2.06. The van der Waals surface area contributed by atoms with Crippen LogP contribution in [0.4, 0.5) is 4.79 Å². The Morgan fingerprint density at radius 3 is 2.70 bits per heavy atom. The third kappa shape index (κ3) is 2.03. The summed E-state index contributed by atoms with van der Waals surface area (Å²) in [4.78, 5) is 24.7. The standard InChI is InChI=1S/C13H11BrN2O4/c1-2-16-12(17)9(15-13(16)18)3-7-4-10-11(5-8(7)14)20-6-19-10/h3-5H,2,6H2,1H3,(H,15,18)/b9-3-. The Hall–Kier alpha value is -2.02. The van der Waals surface area contributed by atoms with E-state index in [1.807, 2.05) is 0 Å². The Kier molecular flexibility index (Phi) is 3.13. The van der Waals surface area contributed by atoms with Crippen molar-refractivity contribution in [2.24, 2.45) is 0 Å². The van der Waals surface area contributed by atoms with E-state index in [1.165, 1.54) is 0 Å². The van der Waals surface area contributed by atoms with Gasteiger partial charge in [-0.05, 0) is 30.7 Å². The number of hydrogen-bond acceptors (Lipinski definition) is 4. The molecule has 2 heterocycles. The number of nitrogens with zero attached hydrogens (tertiary/aromatic N) is 1. The first-order valence-electron chi connectivity index (χ1n) is 6.04. The van der Waals surface area contributed by atoms with Crippen LogP contribution in [0.2, 0.25) is 0 Å². The number of imide groups is 1. The second kappa shape index (κ2) is 4.82. The first kappa shape index (κ1) is 13.0. The predicted molar refractivity (Wildman–Crippen MR) is 74.2 cm³/mol. The van der Waals surface area contributed by atoms with Gasteiger partial charge in [-0.15, -0.1) is 0 Å². The third-order valence-electron chi connectivity index (χ3n) is 3.07. The maximum Gasteiger partial charge on any atom is 0.328 e. The zero-order valence-corrected chi connectivity index (χ0v) is 12.2. The van der Waals surface area contributed by atoms with Crippen molar-refractivity contribution in [3.05, 3.63) is 27.9 Å². The SMILES string of the molecule is CCN1C(=O)N/C(=C\c2cc3c(cc2Br)OCO3)C1=O. The number of amides is 3. The Bertz CT molecular complexity index is 642. The highest BCUT2D eigenvalue weighted by molar-refractivity contribution is 9.10. The molecule has 1 aromatic carbocycles. The van der Waals surface area contributed by atoms with Crippen LogP contribution >= 0.6 is 15.9 Å². The predicted octanol–water partition coefficient (Wildman–Crippen LogP) is 2.09. The highest BCUT2D eigenvalue weighted by Crippen LogP contribution is 2.37. The van der Waals surface area contributed by atoms with Gasteiger partial charge in [-0.25, -0.2) is 4.79 Å². The zero-order chi connectivity index (χ0) is 14.3. The molecule has 0 unspecified atom stereocenters. The number of hydrogen-bond donors (Lipinski definition) is 1. The normalized spacial score (nSPS) is 18.9. The number of benzene rings is 1. The summed E-state index contributed by atoms with van der Waals surface area (Å²) in [6.45, 7) is 2.27. The maximum atomic E-state index is 12.0. The Morgan fingerprint density at radius 1 is 1.35 bits per heavy atom. The Morgan fingerprint density at radius 2 is 2.05 bits per heavy atom. The summed E-state index contributed by atoms with van der Waals surface area (Å²) in [5.74, 6) is 0.933. The number of urea groups is 1. The molecule has 6 nitrogen and oxygen atoms in total. The van der Waals surface area contributed by atoms with E-state index in [2.05, 4.69) is 21.2 Å². The van der Waals surface area contributed by atoms with Crippen molar-refractivity contribution < 1.29 is 19.1 Å². The zero-order valence-electron chi connectivity index (χ0n) is 10.6. The first-order valence-corrected chi connectivity index (χ1v) is 6.83. The average Bonchev–Trinajstić information content (AvgIpc) is 2.95. The highest BCUT2D eigenvalue weighted by Gasteiger charge is 2.32. The van der Waals surface area contributed by atoms with E-state index < -0.39 is 6.03 Å². The molecule has 1 N–H and O–H groups in total. The molecule has 1 saturated heterocycles. The summed E-state index contributed by atoms with van der Waals surface area (Å²) >= 11 is 3.41. The van der Waals surface area contributed by atoms with E-state index in [0.29, 0.717) is 18.0 Å². The molecule has 2 aliphatic rings. The van der Waals surface area contributed by atoms with Gasteiger partial charge in [-0.2, -0.15) is 0 Å². The molecule has 0 radical (unpaired) electrons. The summed E-state index contributed by atoms with van der Waals surface area (Å²) in [6.07, 6.45) is 1.61. The summed E-state index contributed by atoms with van der Waals surface area (Å²) < 4.78 is 11.3. The van der Waals surface area contributed by atoms with Gasteiger partial charge in [0.2, 0.25) is 6.79 Å². The fourth-order valence-corrected chi connectivity index (χ4v) is 2.49. The number of rotatable bonds is 2. The number of ether oxygens (including phenoxy) is 2. The van der Waals surface area contributed by atoms with Crippen LogP contribution in [0.1, 0.15) is 12.5 Å². The van der Waals surface area contributed by atoms with Crippen molar-refractivity contribution in [3.63, 3.8) is 0 Å². The van der Waals surface area contributed by atoms with E-state index in [4.69, 9.17) is 9.47 Å². The lowest BCUT2D eigenvalue weighted by Crippen LogP contribution is -2.30. The van der Waals surface area contributed by atoms with E-state index in [9.17, 15) is 9.59 Å². The van der Waals surface area contributed by atoms with Crippen molar-refractivity contribution in [2.45, 2.75) is 6.92 Å². The Balaban J connectivity index is 1.97. The summed E-state index contributed by atoms with van der Waals surface area (Å²) in [7, 11) is 0.